The van der Waals surface area contributed by atoms with E-state index in [0.717, 1.165) is 28.9 Å². The predicted molar refractivity (Wildman–Crippen MR) is 96.6 cm³/mol. The molecule has 0 heterocycles. The smallest absolute Gasteiger partial charge is 0.0994 e. The predicted octanol–water partition coefficient (Wildman–Crippen LogP) is 4.72. The third-order valence-corrected chi connectivity index (χ3v) is 4.12. The van der Waals surface area contributed by atoms with Crippen molar-refractivity contribution < 1.29 is 0 Å². The lowest BCUT2D eigenvalue weighted by Crippen LogP contribution is -2.14. The molecule has 0 amide bonds. The molecule has 0 aliphatic heterocycles. The van der Waals surface area contributed by atoms with Crippen LogP contribution in [0.1, 0.15) is 29.2 Å². The van der Waals surface area contributed by atoms with Gasteiger partial charge in [-0.15, -0.1) is 0 Å². The summed E-state index contributed by atoms with van der Waals surface area (Å²) in [6.07, 6.45) is 2.47. The molecule has 23 heavy (non-hydrogen) atoms. The van der Waals surface area contributed by atoms with Gasteiger partial charge < -0.3 is 4.90 Å². The van der Waals surface area contributed by atoms with Crippen molar-refractivity contribution in [2.75, 3.05) is 13.6 Å². The fraction of sp³-hybridized carbons (Fsp3) is 0.263. The minimum atomic E-state index is 0.626. The molecule has 118 valence electrons. The van der Waals surface area contributed by atoms with Gasteiger partial charge in [-0.05, 0) is 55.2 Å². The van der Waals surface area contributed by atoms with Gasteiger partial charge in [-0.1, -0.05) is 29.8 Å². The molecule has 0 saturated heterocycles. The van der Waals surface area contributed by atoms with Gasteiger partial charge in [0.25, 0.3) is 0 Å². The first-order valence-electron chi connectivity index (χ1n) is 7.56. The van der Waals surface area contributed by atoms with Gasteiger partial charge in [0.2, 0.25) is 0 Å². The van der Waals surface area contributed by atoms with Crippen LogP contribution in [0.3, 0.4) is 0 Å². The van der Waals surface area contributed by atoms with Crippen LogP contribution >= 0.6 is 11.6 Å². The fourth-order valence-electron chi connectivity index (χ4n) is 2.23. The lowest BCUT2D eigenvalue weighted by atomic mass is 9.97. The van der Waals surface area contributed by atoms with Crippen LogP contribution < -0.4 is 0 Å². The number of rotatable bonds is 5. The number of benzene rings is 2. The molecule has 0 fully saturated rings. The van der Waals surface area contributed by atoms with Gasteiger partial charge in [0.1, 0.15) is 0 Å². The zero-order chi connectivity index (χ0) is 16.8. The summed E-state index contributed by atoms with van der Waals surface area (Å²) in [4.78, 5) is 6.42. The molecule has 0 radical (unpaired) electrons. The molecule has 0 spiro atoms. The van der Waals surface area contributed by atoms with Gasteiger partial charge in [-0.3, -0.25) is 0 Å². The number of hydrogen-bond donors (Lipinski definition) is 0. The summed E-state index contributed by atoms with van der Waals surface area (Å²) in [7, 11) is 1.97. The molecule has 0 unspecified atom stereocenters. The highest BCUT2D eigenvalue weighted by Gasteiger charge is 2.08. The van der Waals surface area contributed by atoms with Crippen molar-refractivity contribution in [3.05, 3.63) is 63.7 Å². The van der Waals surface area contributed by atoms with Crippen molar-refractivity contribution in [1.29, 1.82) is 5.26 Å². The van der Waals surface area contributed by atoms with Crippen LogP contribution in [0.25, 0.3) is 0 Å². The molecule has 3 nitrogen and oxygen atoms in total. The topological polar surface area (TPSA) is 39.4 Å². The minimum absolute atomic E-state index is 0.626. The summed E-state index contributed by atoms with van der Waals surface area (Å²) in [6, 6.07) is 13.8. The van der Waals surface area contributed by atoms with E-state index in [0.29, 0.717) is 17.0 Å². The lowest BCUT2D eigenvalue weighted by molar-refractivity contribution is 0.552. The van der Waals surface area contributed by atoms with E-state index in [1.54, 1.807) is 6.34 Å². The summed E-state index contributed by atoms with van der Waals surface area (Å²) < 4.78 is 0. The van der Waals surface area contributed by atoms with Crippen LogP contribution in [0.5, 0.6) is 0 Å². The third-order valence-electron chi connectivity index (χ3n) is 3.82. The highest BCUT2D eigenvalue weighted by Crippen LogP contribution is 2.30. The molecule has 2 aromatic carbocycles. The Kier molecular flexibility index (Phi) is 5.78. The second kappa shape index (κ2) is 7.80. The molecule has 0 bridgehead atoms. The van der Waals surface area contributed by atoms with Crippen LogP contribution in [0.2, 0.25) is 5.02 Å². The monoisotopic (exact) mass is 325 g/mol. The molecule has 2 aromatic rings. The molecular weight excluding hydrogens is 306 g/mol. The molecule has 0 aliphatic carbocycles. The van der Waals surface area contributed by atoms with Gasteiger partial charge in [0.05, 0.1) is 28.7 Å². The summed E-state index contributed by atoms with van der Waals surface area (Å²) in [5, 5.41) is 9.84. The van der Waals surface area contributed by atoms with Gasteiger partial charge in [-0.25, -0.2) is 4.99 Å². The molecule has 0 atom stereocenters. The fourth-order valence-corrected chi connectivity index (χ4v) is 2.46. The molecule has 0 aromatic heterocycles. The Labute approximate surface area is 142 Å². The second-order valence-corrected chi connectivity index (χ2v) is 5.90. The number of nitriles is 1. The largest absolute Gasteiger partial charge is 0.366 e. The zero-order valence-electron chi connectivity index (χ0n) is 13.7. The number of halogens is 1. The molecule has 0 N–H and O–H groups in total. The van der Waals surface area contributed by atoms with Gasteiger partial charge in [-0.2, -0.15) is 5.26 Å². The van der Waals surface area contributed by atoms with Crippen LogP contribution in [0.15, 0.2) is 41.4 Å². The van der Waals surface area contributed by atoms with E-state index in [-0.39, 0.29) is 0 Å². The average Bonchev–Trinajstić information content (AvgIpc) is 2.56. The summed E-state index contributed by atoms with van der Waals surface area (Å²) >= 11 is 6.37. The van der Waals surface area contributed by atoms with Crippen molar-refractivity contribution in [3.63, 3.8) is 0 Å². The van der Waals surface area contributed by atoms with Crippen LogP contribution in [0, 0.1) is 18.3 Å². The maximum atomic E-state index is 9.21. The minimum Gasteiger partial charge on any atom is -0.366 e. The van der Waals surface area contributed by atoms with Crippen molar-refractivity contribution in [3.8, 4) is 6.07 Å². The lowest BCUT2D eigenvalue weighted by Gasteiger charge is -2.11. The summed E-state index contributed by atoms with van der Waals surface area (Å²) in [6.45, 7) is 5.00. The van der Waals surface area contributed by atoms with E-state index in [1.807, 2.05) is 55.3 Å². The van der Waals surface area contributed by atoms with Crippen LogP contribution in [0.4, 0.5) is 5.69 Å². The molecule has 0 aliphatic rings. The van der Waals surface area contributed by atoms with E-state index >= 15 is 0 Å². The summed E-state index contributed by atoms with van der Waals surface area (Å²) in [5.41, 5.74) is 4.71. The number of aliphatic imine (C=N–C) groups is 1. The molecular formula is C19H20ClN3. The Bertz CT molecular complexity index is 760. The van der Waals surface area contributed by atoms with E-state index < -0.39 is 0 Å². The van der Waals surface area contributed by atoms with Crippen molar-refractivity contribution in [2.24, 2.45) is 4.99 Å². The first kappa shape index (κ1) is 17.1. The highest BCUT2D eigenvalue weighted by molar-refractivity contribution is 6.33. The molecule has 0 saturated carbocycles. The van der Waals surface area contributed by atoms with Crippen LogP contribution in [-0.2, 0) is 6.42 Å². The molecule has 2 rings (SSSR count). The Balaban J connectivity index is 2.30. The molecule has 4 heteroatoms. The van der Waals surface area contributed by atoms with Crippen molar-refractivity contribution in [1.82, 2.24) is 4.90 Å². The number of aryl methyl sites for hydroxylation is 1. The zero-order valence-corrected chi connectivity index (χ0v) is 14.4. The van der Waals surface area contributed by atoms with E-state index in [2.05, 4.69) is 18.0 Å². The maximum absolute atomic E-state index is 9.21. The Morgan fingerprint density at radius 2 is 2.00 bits per heavy atom. The highest BCUT2D eigenvalue weighted by atomic mass is 35.5. The number of nitrogens with zero attached hydrogens (tertiary/aromatic N) is 3. The Morgan fingerprint density at radius 3 is 2.70 bits per heavy atom. The second-order valence-electron chi connectivity index (χ2n) is 5.49. The van der Waals surface area contributed by atoms with E-state index in [9.17, 15) is 5.26 Å². The Morgan fingerprint density at radius 1 is 1.26 bits per heavy atom. The van der Waals surface area contributed by atoms with Gasteiger partial charge in [0, 0.05) is 13.6 Å². The third kappa shape index (κ3) is 4.34. The SMILES string of the molecule is CCN(C)C=Nc1cc(C)c(Cc2ccccc2C#N)cc1Cl. The first-order chi connectivity index (χ1) is 11.0. The quantitative estimate of drug-likeness (QED) is 0.589. The number of hydrogen-bond acceptors (Lipinski definition) is 2. The van der Waals surface area contributed by atoms with Crippen molar-refractivity contribution >= 4 is 23.6 Å². The maximum Gasteiger partial charge on any atom is 0.0994 e. The van der Waals surface area contributed by atoms with E-state index in [1.165, 1.54) is 0 Å². The first-order valence-corrected chi connectivity index (χ1v) is 7.94. The van der Waals surface area contributed by atoms with Crippen molar-refractivity contribution in [2.45, 2.75) is 20.3 Å². The normalized spacial score (nSPS) is 10.7. The Hall–Kier alpha value is -2.31. The summed E-state index contributed by atoms with van der Waals surface area (Å²) in [5.74, 6) is 0. The standard InChI is InChI=1S/C19H20ClN3/c1-4-23(3)13-22-19-9-14(2)17(11-18(19)20)10-15-7-5-6-8-16(15)12-21/h5-9,11,13H,4,10H2,1-3H3. The van der Waals surface area contributed by atoms with Crippen LogP contribution in [-0.4, -0.2) is 24.8 Å². The van der Waals surface area contributed by atoms with Gasteiger partial charge in [0.15, 0.2) is 0 Å². The van der Waals surface area contributed by atoms with Gasteiger partial charge >= 0.3 is 0 Å². The average molecular weight is 326 g/mol. The van der Waals surface area contributed by atoms with E-state index in [4.69, 9.17) is 11.6 Å².